The summed E-state index contributed by atoms with van der Waals surface area (Å²) in [5.74, 6) is 0. The first-order valence-corrected chi connectivity index (χ1v) is 11.8. The van der Waals surface area contributed by atoms with E-state index in [-0.39, 0.29) is 15.2 Å². The summed E-state index contributed by atoms with van der Waals surface area (Å²) in [6, 6.07) is 6.40. The Bertz CT molecular complexity index is 1110. The van der Waals surface area contributed by atoms with Gasteiger partial charge in [-0.3, -0.25) is 0 Å². The lowest BCUT2D eigenvalue weighted by molar-refractivity contribution is -0.138. The maximum absolute atomic E-state index is 13.1. The second-order valence-electron chi connectivity index (χ2n) is 7.42. The summed E-state index contributed by atoms with van der Waals surface area (Å²) in [6.07, 6.45) is -4.55. The van der Waals surface area contributed by atoms with Gasteiger partial charge in [0.1, 0.15) is 9.22 Å². The van der Waals surface area contributed by atoms with Crippen molar-refractivity contribution in [3.8, 4) is 10.6 Å². The zero-order chi connectivity index (χ0) is 21.4. The Hall–Kier alpha value is -1.75. The summed E-state index contributed by atoms with van der Waals surface area (Å²) in [4.78, 5) is 4.56. The van der Waals surface area contributed by atoms with E-state index >= 15 is 0 Å². The van der Waals surface area contributed by atoms with Gasteiger partial charge in [0.2, 0.25) is 10.0 Å². The zero-order valence-corrected chi connectivity index (χ0v) is 18.3. The second-order valence-corrected chi connectivity index (χ2v) is 11.2. The van der Waals surface area contributed by atoms with E-state index in [9.17, 15) is 21.6 Å². The smallest absolute Gasteiger partial charge is 0.241 e. The number of halogens is 3. The lowest BCUT2D eigenvalue weighted by atomic mass is 9.93. The Morgan fingerprint density at radius 1 is 1.07 bits per heavy atom. The summed E-state index contributed by atoms with van der Waals surface area (Å²) in [5, 5.41) is 4.33. The van der Waals surface area contributed by atoms with Gasteiger partial charge in [-0.1, -0.05) is 39.0 Å². The lowest BCUT2D eigenvalue weighted by Crippen LogP contribution is -2.24. The quantitative estimate of drug-likeness (QED) is 0.534. The second kappa shape index (κ2) is 7.82. The van der Waals surface area contributed by atoms with Gasteiger partial charge in [0.05, 0.1) is 11.3 Å². The number of sulfonamides is 1. The average Bonchev–Trinajstić information content (AvgIpc) is 3.28. The first-order chi connectivity index (χ1) is 13.4. The predicted octanol–water partition coefficient (Wildman–Crippen LogP) is 5.67. The van der Waals surface area contributed by atoms with Crippen LogP contribution in [0.2, 0.25) is 0 Å². The molecule has 0 radical (unpaired) electrons. The third kappa shape index (κ3) is 5.06. The van der Waals surface area contributed by atoms with Crippen molar-refractivity contribution in [1.82, 2.24) is 9.71 Å². The van der Waals surface area contributed by atoms with Crippen LogP contribution in [0.5, 0.6) is 0 Å². The Morgan fingerprint density at radius 3 is 2.38 bits per heavy atom. The summed E-state index contributed by atoms with van der Waals surface area (Å²) in [7, 11) is -3.95. The highest BCUT2D eigenvalue weighted by molar-refractivity contribution is 7.91. The molecule has 0 saturated carbocycles. The van der Waals surface area contributed by atoms with E-state index < -0.39 is 28.3 Å². The van der Waals surface area contributed by atoms with Gasteiger partial charge in [-0.2, -0.15) is 13.2 Å². The molecule has 0 unspecified atom stereocenters. The average molecular weight is 461 g/mol. The van der Waals surface area contributed by atoms with E-state index in [1.165, 1.54) is 35.6 Å². The van der Waals surface area contributed by atoms with Crippen LogP contribution in [-0.4, -0.2) is 13.4 Å². The molecule has 0 bridgehead atoms. The minimum Gasteiger partial charge on any atom is -0.241 e. The first kappa shape index (κ1) is 21.9. The molecule has 156 valence electrons. The van der Waals surface area contributed by atoms with E-state index in [0.29, 0.717) is 10.6 Å². The summed E-state index contributed by atoms with van der Waals surface area (Å²) < 4.78 is 66.7. The number of nitrogens with one attached hydrogen (secondary N) is 1. The normalized spacial score (nSPS) is 13.0. The molecule has 29 heavy (non-hydrogen) atoms. The Kier molecular flexibility index (Phi) is 5.92. The summed E-state index contributed by atoms with van der Waals surface area (Å²) in [6.45, 7) is 5.67. The number of aromatic nitrogens is 1. The highest BCUT2D eigenvalue weighted by Crippen LogP contribution is 2.34. The monoisotopic (exact) mass is 460 g/mol. The molecular formula is C19H19F3N2O2S3. The highest BCUT2D eigenvalue weighted by Gasteiger charge is 2.33. The van der Waals surface area contributed by atoms with Gasteiger partial charge in [0.25, 0.3) is 0 Å². The van der Waals surface area contributed by atoms with Gasteiger partial charge in [-0.25, -0.2) is 18.1 Å². The molecule has 0 spiro atoms. The maximum atomic E-state index is 13.1. The third-order valence-electron chi connectivity index (χ3n) is 4.14. The number of alkyl halides is 3. The van der Waals surface area contributed by atoms with Crippen LogP contribution in [0.3, 0.4) is 0 Å². The molecule has 2 aromatic heterocycles. The minimum atomic E-state index is -4.55. The van der Waals surface area contributed by atoms with Crippen LogP contribution in [0, 0.1) is 0 Å². The van der Waals surface area contributed by atoms with Crippen LogP contribution < -0.4 is 4.72 Å². The van der Waals surface area contributed by atoms with Crippen LogP contribution in [0.25, 0.3) is 10.6 Å². The molecule has 4 nitrogen and oxygen atoms in total. The number of thiazole rings is 1. The third-order valence-corrected chi connectivity index (χ3v) is 7.87. The van der Waals surface area contributed by atoms with Crippen molar-refractivity contribution in [2.75, 3.05) is 0 Å². The van der Waals surface area contributed by atoms with Gasteiger partial charge >= 0.3 is 6.18 Å². The topological polar surface area (TPSA) is 59.1 Å². The molecule has 0 aliphatic rings. The molecule has 0 aliphatic heterocycles. The number of rotatable bonds is 5. The lowest BCUT2D eigenvalue weighted by Gasteiger charge is -2.14. The summed E-state index contributed by atoms with van der Waals surface area (Å²) in [5.41, 5.74) is 0.483. The van der Waals surface area contributed by atoms with Crippen molar-refractivity contribution >= 4 is 32.7 Å². The van der Waals surface area contributed by atoms with Gasteiger partial charge in [0.15, 0.2) is 0 Å². The van der Waals surface area contributed by atoms with Crippen LogP contribution in [-0.2, 0) is 28.2 Å². The Morgan fingerprint density at radius 2 is 1.76 bits per heavy atom. The van der Waals surface area contributed by atoms with Crippen LogP contribution in [0.1, 0.15) is 37.6 Å². The minimum absolute atomic E-state index is 0.0319. The number of nitrogens with zero attached hydrogens (tertiary/aromatic N) is 1. The molecule has 1 N–H and O–H groups in total. The molecule has 0 saturated heterocycles. The fourth-order valence-electron chi connectivity index (χ4n) is 2.52. The Labute approximate surface area is 175 Å². The van der Waals surface area contributed by atoms with Crippen LogP contribution in [0.15, 0.2) is 45.3 Å². The molecule has 3 aromatic rings. The SMILES string of the molecule is CC(C)(C)c1csc(-c2csc(S(=O)(=O)NCc3ccccc3C(F)(F)F)c2)n1. The highest BCUT2D eigenvalue weighted by atomic mass is 32.2. The molecule has 1 aromatic carbocycles. The molecule has 0 atom stereocenters. The molecule has 0 amide bonds. The molecule has 0 aliphatic carbocycles. The zero-order valence-electron chi connectivity index (χ0n) is 15.9. The van der Waals surface area contributed by atoms with Crippen molar-refractivity contribution in [3.05, 3.63) is 57.9 Å². The van der Waals surface area contributed by atoms with E-state index in [1.54, 1.807) is 5.38 Å². The fraction of sp³-hybridized carbons (Fsp3) is 0.316. The van der Waals surface area contributed by atoms with Crippen molar-refractivity contribution in [2.45, 2.75) is 43.1 Å². The van der Waals surface area contributed by atoms with Crippen molar-refractivity contribution < 1.29 is 21.6 Å². The van der Waals surface area contributed by atoms with Gasteiger partial charge in [-0.15, -0.1) is 22.7 Å². The molecule has 0 fully saturated rings. The van der Waals surface area contributed by atoms with Crippen molar-refractivity contribution in [2.24, 2.45) is 0 Å². The molecule has 3 rings (SSSR count). The first-order valence-electron chi connectivity index (χ1n) is 8.57. The van der Waals surface area contributed by atoms with E-state index in [4.69, 9.17) is 0 Å². The van der Waals surface area contributed by atoms with Crippen LogP contribution >= 0.6 is 22.7 Å². The van der Waals surface area contributed by atoms with E-state index in [1.807, 2.05) is 26.2 Å². The van der Waals surface area contributed by atoms with E-state index in [2.05, 4.69) is 9.71 Å². The predicted molar refractivity (Wildman–Crippen MR) is 110 cm³/mol. The van der Waals surface area contributed by atoms with Gasteiger partial charge in [0, 0.05) is 28.3 Å². The van der Waals surface area contributed by atoms with Crippen LogP contribution in [0.4, 0.5) is 13.2 Å². The number of hydrogen-bond acceptors (Lipinski definition) is 5. The Balaban J connectivity index is 1.79. The van der Waals surface area contributed by atoms with Gasteiger partial charge in [-0.05, 0) is 17.7 Å². The standard InChI is InChI=1S/C19H19F3N2O2S3/c1-18(2,3)15-11-28-17(24-15)13-8-16(27-10-13)29(25,26)23-9-12-6-4-5-7-14(12)19(20,21)22/h4-8,10-11,23H,9H2,1-3H3. The molecule has 2 heterocycles. The number of thiophene rings is 1. The van der Waals surface area contributed by atoms with Crippen molar-refractivity contribution in [1.29, 1.82) is 0 Å². The summed E-state index contributed by atoms with van der Waals surface area (Å²) >= 11 is 2.43. The molecular weight excluding hydrogens is 441 g/mol. The molecule has 10 heteroatoms. The van der Waals surface area contributed by atoms with Crippen molar-refractivity contribution in [3.63, 3.8) is 0 Å². The number of hydrogen-bond donors (Lipinski definition) is 1. The fourth-order valence-corrected chi connectivity index (χ4v) is 5.84. The maximum Gasteiger partial charge on any atom is 0.416 e. The van der Waals surface area contributed by atoms with Gasteiger partial charge < -0.3 is 0 Å². The number of benzene rings is 1. The van der Waals surface area contributed by atoms with E-state index in [0.717, 1.165) is 23.1 Å². The largest absolute Gasteiger partial charge is 0.416 e.